The van der Waals surface area contributed by atoms with E-state index in [-0.39, 0.29) is 12.2 Å². The van der Waals surface area contributed by atoms with E-state index in [0.29, 0.717) is 0 Å². The van der Waals surface area contributed by atoms with Crippen LogP contribution in [-0.2, 0) is 0 Å². The molecule has 0 saturated carbocycles. The molecule has 0 aromatic rings. The molecule has 2 atom stereocenters. The van der Waals surface area contributed by atoms with Crippen molar-refractivity contribution in [2.75, 3.05) is 0 Å². The quantitative estimate of drug-likeness (QED) is 0.600. The van der Waals surface area contributed by atoms with Crippen LogP contribution >= 0.6 is 0 Å². The zero-order chi connectivity index (χ0) is 9.40. The molecule has 0 rings (SSSR count). The van der Waals surface area contributed by atoms with Gasteiger partial charge in [-0.05, 0) is 12.8 Å². The summed E-state index contributed by atoms with van der Waals surface area (Å²) in [5.41, 5.74) is 0. The van der Waals surface area contributed by atoms with E-state index in [9.17, 15) is 10.2 Å². The van der Waals surface area contributed by atoms with Crippen molar-refractivity contribution in [3.05, 3.63) is 12.2 Å². The van der Waals surface area contributed by atoms with Gasteiger partial charge in [0.1, 0.15) is 0 Å². The summed E-state index contributed by atoms with van der Waals surface area (Å²) in [6.45, 7) is 4.05. The van der Waals surface area contributed by atoms with Gasteiger partial charge in [-0.25, -0.2) is 0 Å². The van der Waals surface area contributed by atoms with Crippen LogP contribution in [0.4, 0.5) is 0 Å². The van der Waals surface area contributed by atoms with Crippen LogP contribution in [0.25, 0.3) is 0 Å². The summed E-state index contributed by atoms with van der Waals surface area (Å²) in [5.74, 6) is 0. The topological polar surface area (TPSA) is 40.5 Å². The molecule has 0 unspecified atom stereocenters. The van der Waals surface area contributed by atoms with Gasteiger partial charge in [-0.3, -0.25) is 0 Å². The largest absolute Gasteiger partial charge is 0.389 e. The van der Waals surface area contributed by atoms with Crippen molar-refractivity contribution in [3.63, 3.8) is 0 Å². The average molecular weight is 172 g/mol. The molecule has 0 aliphatic heterocycles. The Morgan fingerprint density at radius 3 is 1.50 bits per heavy atom. The van der Waals surface area contributed by atoms with Gasteiger partial charge in [0.2, 0.25) is 0 Å². The molecule has 0 spiro atoms. The molecule has 0 heterocycles. The van der Waals surface area contributed by atoms with Gasteiger partial charge in [-0.1, -0.05) is 38.8 Å². The Balaban J connectivity index is 3.57. The van der Waals surface area contributed by atoms with Crippen molar-refractivity contribution in [1.29, 1.82) is 0 Å². The standard InChI is InChI=1S/C10H20O2/c1-3-5-9(11)7-8-10(12)6-4-2/h7-12H,3-6H2,1-2H3/b8-7+/t9-,10-/m1/s1. The second-order valence-corrected chi connectivity index (χ2v) is 3.10. The zero-order valence-corrected chi connectivity index (χ0v) is 8.03. The zero-order valence-electron chi connectivity index (χ0n) is 8.03. The predicted octanol–water partition coefficient (Wildman–Crippen LogP) is 1.86. The molecule has 0 saturated heterocycles. The molecule has 0 aliphatic rings. The van der Waals surface area contributed by atoms with Gasteiger partial charge >= 0.3 is 0 Å². The fourth-order valence-corrected chi connectivity index (χ4v) is 1.04. The summed E-state index contributed by atoms with van der Waals surface area (Å²) in [5, 5.41) is 18.5. The van der Waals surface area contributed by atoms with Gasteiger partial charge in [-0.15, -0.1) is 0 Å². The van der Waals surface area contributed by atoms with Crippen molar-refractivity contribution in [2.24, 2.45) is 0 Å². The van der Waals surface area contributed by atoms with Crippen LogP contribution in [0.2, 0.25) is 0 Å². The van der Waals surface area contributed by atoms with Crippen LogP contribution in [0, 0.1) is 0 Å². The maximum absolute atomic E-state index is 9.27. The van der Waals surface area contributed by atoms with E-state index in [2.05, 4.69) is 0 Å². The lowest BCUT2D eigenvalue weighted by Crippen LogP contribution is -2.05. The fraction of sp³-hybridized carbons (Fsp3) is 0.800. The molecule has 0 amide bonds. The first-order valence-electron chi connectivity index (χ1n) is 4.75. The van der Waals surface area contributed by atoms with Crippen LogP contribution in [0.1, 0.15) is 39.5 Å². The Hall–Kier alpha value is -0.340. The van der Waals surface area contributed by atoms with E-state index in [4.69, 9.17) is 0 Å². The highest BCUT2D eigenvalue weighted by molar-refractivity contribution is 4.93. The lowest BCUT2D eigenvalue weighted by Gasteiger charge is -2.05. The minimum atomic E-state index is -0.387. The molecule has 2 nitrogen and oxygen atoms in total. The van der Waals surface area contributed by atoms with Crippen molar-refractivity contribution in [1.82, 2.24) is 0 Å². The third kappa shape index (κ3) is 6.38. The van der Waals surface area contributed by atoms with Crippen molar-refractivity contribution < 1.29 is 10.2 Å². The van der Waals surface area contributed by atoms with E-state index in [1.165, 1.54) is 0 Å². The molecule has 72 valence electrons. The molecule has 0 bridgehead atoms. The Labute approximate surface area is 74.9 Å². The van der Waals surface area contributed by atoms with E-state index < -0.39 is 0 Å². The second kappa shape index (κ2) is 7.32. The average Bonchev–Trinajstić information content (AvgIpc) is 2.02. The van der Waals surface area contributed by atoms with Crippen molar-refractivity contribution >= 4 is 0 Å². The molecule has 2 heteroatoms. The maximum atomic E-state index is 9.27. The molecule has 2 N–H and O–H groups in total. The van der Waals surface area contributed by atoms with Crippen LogP contribution in [0.5, 0.6) is 0 Å². The number of rotatable bonds is 6. The highest BCUT2D eigenvalue weighted by Crippen LogP contribution is 2.01. The number of aliphatic hydroxyl groups excluding tert-OH is 2. The molecule has 0 aromatic carbocycles. The molecule has 0 aromatic heterocycles. The Kier molecular flexibility index (Phi) is 7.11. The SMILES string of the molecule is CCC[C@@H](O)/C=C/[C@H](O)CCC. The highest BCUT2D eigenvalue weighted by Gasteiger charge is 1.99. The fourth-order valence-electron chi connectivity index (χ4n) is 1.04. The maximum Gasteiger partial charge on any atom is 0.0721 e. The number of hydrogen-bond acceptors (Lipinski definition) is 2. The third-order valence-corrected chi connectivity index (χ3v) is 1.72. The van der Waals surface area contributed by atoms with Crippen LogP contribution < -0.4 is 0 Å². The Morgan fingerprint density at radius 2 is 1.25 bits per heavy atom. The summed E-state index contributed by atoms with van der Waals surface area (Å²) >= 11 is 0. The first-order chi connectivity index (χ1) is 5.70. The smallest absolute Gasteiger partial charge is 0.0721 e. The molecule has 0 radical (unpaired) electrons. The minimum absolute atomic E-state index is 0.387. The van der Waals surface area contributed by atoms with Crippen LogP contribution in [-0.4, -0.2) is 22.4 Å². The Bertz CT molecular complexity index is 107. The number of aliphatic hydroxyl groups is 2. The summed E-state index contributed by atoms with van der Waals surface area (Å²) in [6.07, 6.45) is 6.08. The van der Waals surface area contributed by atoms with Crippen LogP contribution in [0.15, 0.2) is 12.2 Å². The van der Waals surface area contributed by atoms with Gasteiger partial charge in [0.25, 0.3) is 0 Å². The number of hydrogen-bond donors (Lipinski definition) is 2. The summed E-state index contributed by atoms with van der Waals surface area (Å²) in [4.78, 5) is 0. The van der Waals surface area contributed by atoms with Crippen LogP contribution in [0.3, 0.4) is 0 Å². The first-order valence-corrected chi connectivity index (χ1v) is 4.75. The van der Waals surface area contributed by atoms with Gasteiger partial charge in [0, 0.05) is 0 Å². The monoisotopic (exact) mass is 172 g/mol. The van der Waals surface area contributed by atoms with E-state index in [1.807, 2.05) is 13.8 Å². The lowest BCUT2D eigenvalue weighted by atomic mass is 10.1. The molecule has 12 heavy (non-hydrogen) atoms. The molecular formula is C10H20O2. The first kappa shape index (κ1) is 11.7. The van der Waals surface area contributed by atoms with Crippen molar-refractivity contribution in [2.45, 2.75) is 51.7 Å². The van der Waals surface area contributed by atoms with Gasteiger partial charge in [0.15, 0.2) is 0 Å². The van der Waals surface area contributed by atoms with Gasteiger partial charge < -0.3 is 10.2 Å². The highest BCUT2D eigenvalue weighted by atomic mass is 16.3. The van der Waals surface area contributed by atoms with E-state index >= 15 is 0 Å². The van der Waals surface area contributed by atoms with E-state index in [1.54, 1.807) is 12.2 Å². The van der Waals surface area contributed by atoms with Crippen molar-refractivity contribution in [3.8, 4) is 0 Å². The van der Waals surface area contributed by atoms with Gasteiger partial charge in [0.05, 0.1) is 12.2 Å². The summed E-state index contributed by atoms with van der Waals surface area (Å²) in [7, 11) is 0. The summed E-state index contributed by atoms with van der Waals surface area (Å²) in [6, 6.07) is 0. The predicted molar refractivity (Wildman–Crippen MR) is 51.0 cm³/mol. The Morgan fingerprint density at radius 1 is 0.917 bits per heavy atom. The van der Waals surface area contributed by atoms with Gasteiger partial charge in [-0.2, -0.15) is 0 Å². The minimum Gasteiger partial charge on any atom is -0.389 e. The normalized spacial score (nSPS) is 16.7. The summed E-state index contributed by atoms with van der Waals surface area (Å²) < 4.78 is 0. The third-order valence-electron chi connectivity index (χ3n) is 1.72. The molecular weight excluding hydrogens is 152 g/mol. The second-order valence-electron chi connectivity index (χ2n) is 3.10. The molecule has 0 fully saturated rings. The molecule has 0 aliphatic carbocycles. The lowest BCUT2D eigenvalue weighted by molar-refractivity contribution is 0.195. The van der Waals surface area contributed by atoms with E-state index in [0.717, 1.165) is 25.7 Å².